The minimum absolute atomic E-state index is 0.200. The van der Waals surface area contributed by atoms with Gasteiger partial charge in [-0.15, -0.1) is 0 Å². The molecule has 6 heteroatoms. The Labute approximate surface area is 139 Å². The molecule has 2 rings (SSSR count). The van der Waals surface area contributed by atoms with Crippen LogP contribution < -0.4 is 15.4 Å². The van der Waals surface area contributed by atoms with Crippen molar-refractivity contribution < 1.29 is 13.9 Å². The van der Waals surface area contributed by atoms with E-state index in [1.807, 2.05) is 31.2 Å². The van der Waals surface area contributed by atoms with Crippen molar-refractivity contribution in [3.63, 3.8) is 0 Å². The van der Waals surface area contributed by atoms with Crippen LogP contribution in [0.15, 0.2) is 42.5 Å². The van der Waals surface area contributed by atoms with E-state index in [1.165, 1.54) is 18.2 Å². The molecule has 0 fully saturated rings. The molecular formula is C17H18ClFN2O2. The molecule has 2 aromatic carbocycles. The Hall–Kier alpha value is -2.27. The average molecular weight is 337 g/mol. The lowest BCUT2D eigenvalue weighted by Gasteiger charge is -2.12. The maximum Gasteiger partial charge on any atom is 0.319 e. The zero-order valence-corrected chi connectivity index (χ0v) is 13.5. The molecule has 0 aromatic heterocycles. The van der Waals surface area contributed by atoms with Crippen LogP contribution in [0.3, 0.4) is 0 Å². The Morgan fingerprint density at radius 1 is 1.26 bits per heavy atom. The Morgan fingerprint density at radius 2 is 2.04 bits per heavy atom. The van der Waals surface area contributed by atoms with Crippen molar-refractivity contribution in [2.75, 3.05) is 18.5 Å². The molecule has 0 atom stereocenters. The fourth-order valence-electron chi connectivity index (χ4n) is 2.03. The Kier molecular flexibility index (Phi) is 6.23. The number of halogens is 2. The van der Waals surface area contributed by atoms with Crippen molar-refractivity contribution in [2.45, 2.75) is 13.3 Å². The van der Waals surface area contributed by atoms with Crippen molar-refractivity contribution in [3.05, 3.63) is 58.9 Å². The van der Waals surface area contributed by atoms with Crippen LogP contribution >= 0.6 is 11.6 Å². The van der Waals surface area contributed by atoms with Gasteiger partial charge in [0.05, 0.1) is 11.6 Å². The minimum atomic E-state index is -0.422. The molecule has 0 radical (unpaired) electrons. The Morgan fingerprint density at radius 3 is 2.78 bits per heavy atom. The van der Waals surface area contributed by atoms with E-state index in [1.54, 1.807) is 0 Å². The monoisotopic (exact) mass is 336 g/mol. The predicted octanol–water partition coefficient (Wildman–Crippen LogP) is 4.24. The highest BCUT2D eigenvalue weighted by atomic mass is 35.5. The van der Waals surface area contributed by atoms with Crippen LogP contribution in [-0.4, -0.2) is 19.2 Å². The largest absolute Gasteiger partial charge is 0.490 e. The molecular weight excluding hydrogens is 319 g/mol. The standard InChI is InChI=1S/C17H18ClFN2O2/c1-2-12-5-3-4-6-15(12)21-17(22)20-9-10-23-16-8-7-13(19)11-14(16)18/h3-8,11H,2,9-10H2,1H3,(H2,20,21,22). The molecule has 2 aromatic rings. The fourth-order valence-corrected chi connectivity index (χ4v) is 2.26. The maximum absolute atomic E-state index is 12.9. The summed E-state index contributed by atoms with van der Waals surface area (Å²) in [6.45, 7) is 2.56. The summed E-state index contributed by atoms with van der Waals surface area (Å²) in [5.41, 5.74) is 1.85. The van der Waals surface area contributed by atoms with Crippen LogP contribution in [0.5, 0.6) is 5.75 Å². The lowest BCUT2D eigenvalue weighted by atomic mass is 10.1. The van der Waals surface area contributed by atoms with Crippen LogP contribution in [0.4, 0.5) is 14.9 Å². The van der Waals surface area contributed by atoms with E-state index in [0.717, 1.165) is 17.7 Å². The highest BCUT2D eigenvalue weighted by Crippen LogP contribution is 2.24. The van der Waals surface area contributed by atoms with Crippen LogP contribution in [0.2, 0.25) is 5.02 Å². The van der Waals surface area contributed by atoms with Crippen molar-refractivity contribution in [3.8, 4) is 5.75 Å². The summed E-state index contributed by atoms with van der Waals surface area (Å²) in [6.07, 6.45) is 0.836. The normalized spacial score (nSPS) is 10.2. The Bertz CT molecular complexity index is 679. The van der Waals surface area contributed by atoms with Gasteiger partial charge in [-0.3, -0.25) is 0 Å². The summed E-state index contributed by atoms with van der Waals surface area (Å²) < 4.78 is 18.3. The maximum atomic E-state index is 12.9. The van der Waals surface area contributed by atoms with Crippen LogP contribution in [0, 0.1) is 5.82 Å². The summed E-state index contributed by atoms with van der Waals surface area (Å²) in [4.78, 5) is 11.9. The summed E-state index contributed by atoms with van der Waals surface area (Å²) >= 11 is 5.85. The van der Waals surface area contributed by atoms with Crippen LogP contribution in [0.25, 0.3) is 0 Å². The zero-order chi connectivity index (χ0) is 16.7. The van der Waals surface area contributed by atoms with Gasteiger partial charge in [-0.25, -0.2) is 9.18 Å². The molecule has 0 bridgehead atoms. The van der Waals surface area contributed by atoms with Gasteiger partial charge in [-0.1, -0.05) is 36.7 Å². The molecule has 2 amide bonds. The number of nitrogens with one attached hydrogen (secondary N) is 2. The van der Waals surface area contributed by atoms with E-state index in [9.17, 15) is 9.18 Å². The highest BCUT2D eigenvalue weighted by Gasteiger charge is 2.06. The van der Waals surface area contributed by atoms with E-state index >= 15 is 0 Å². The third kappa shape index (κ3) is 5.14. The predicted molar refractivity (Wildman–Crippen MR) is 89.7 cm³/mol. The van der Waals surface area contributed by atoms with E-state index < -0.39 is 5.82 Å². The van der Waals surface area contributed by atoms with Gasteiger partial charge in [0, 0.05) is 5.69 Å². The highest BCUT2D eigenvalue weighted by molar-refractivity contribution is 6.32. The van der Waals surface area contributed by atoms with Gasteiger partial charge >= 0.3 is 6.03 Å². The number of hydrogen-bond acceptors (Lipinski definition) is 2. The molecule has 2 N–H and O–H groups in total. The van der Waals surface area contributed by atoms with Gasteiger partial charge in [0.25, 0.3) is 0 Å². The fraction of sp³-hybridized carbons (Fsp3) is 0.235. The van der Waals surface area contributed by atoms with E-state index in [0.29, 0.717) is 12.3 Å². The van der Waals surface area contributed by atoms with E-state index in [-0.39, 0.29) is 17.7 Å². The topological polar surface area (TPSA) is 50.4 Å². The number of amides is 2. The van der Waals surface area contributed by atoms with E-state index in [4.69, 9.17) is 16.3 Å². The first-order chi connectivity index (χ1) is 11.1. The molecule has 0 aliphatic carbocycles. The third-order valence-electron chi connectivity index (χ3n) is 3.19. The smallest absolute Gasteiger partial charge is 0.319 e. The molecule has 4 nitrogen and oxygen atoms in total. The first-order valence-corrected chi connectivity index (χ1v) is 7.68. The molecule has 0 aliphatic rings. The summed E-state index contributed by atoms with van der Waals surface area (Å²) in [5, 5.41) is 5.69. The minimum Gasteiger partial charge on any atom is -0.490 e. The molecule has 0 unspecified atom stereocenters. The number of carbonyl (C=O) groups is 1. The van der Waals surface area contributed by atoms with Crippen LogP contribution in [0.1, 0.15) is 12.5 Å². The quantitative estimate of drug-likeness (QED) is 0.775. The molecule has 0 heterocycles. The molecule has 23 heavy (non-hydrogen) atoms. The summed E-state index contributed by atoms with van der Waals surface area (Å²) in [5.74, 6) is -0.0407. The van der Waals surface area contributed by atoms with Gasteiger partial charge in [0.2, 0.25) is 0 Å². The van der Waals surface area contributed by atoms with Crippen molar-refractivity contribution in [1.82, 2.24) is 5.32 Å². The molecule has 0 saturated heterocycles. The van der Waals surface area contributed by atoms with Crippen molar-refractivity contribution in [1.29, 1.82) is 0 Å². The van der Waals surface area contributed by atoms with Gasteiger partial charge < -0.3 is 15.4 Å². The number of hydrogen-bond donors (Lipinski definition) is 2. The van der Waals surface area contributed by atoms with Gasteiger partial charge in [-0.05, 0) is 36.2 Å². The van der Waals surface area contributed by atoms with Crippen molar-refractivity contribution in [2.24, 2.45) is 0 Å². The lowest BCUT2D eigenvalue weighted by molar-refractivity contribution is 0.247. The number of ether oxygens (including phenoxy) is 1. The van der Waals surface area contributed by atoms with Crippen molar-refractivity contribution >= 4 is 23.3 Å². The molecule has 0 saturated carbocycles. The number of carbonyl (C=O) groups excluding carboxylic acids is 1. The number of urea groups is 1. The first-order valence-electron chi connectivity index (χ1n) is 7.30. The van der Waals surface area contributed by atoms with Crippen LogP contribution in [-0.2, 0) is 6.42 Å². The van der Waals surface area contributed by atoms with Gasteiger partial charge in [-0.2, -0.15) is 0 Å². The zero-order valence-electron chi connectivity index (χ0n) is 12.7. The molecule has 0 aliphatic heterocycles. The summed E-state index contributed by atoms with van der Waals surface area (Å²) in [7, 11) is 0. The third-order valence-corrected chi connectivity index (χ3v) is 3.48. The van der Waals surface area contributed by atoms with E-state index in [2.05, 4.69) is 10.6 Å². The Balaban J connectivity index is 1.76. The lowest BCUT2D eigenvalue weighted by Crippen LogP contribution is -2.32. The number of para-hydroxylation sites is 1. The molecule has 122 valence electrons. The average Bonchev–Trinajstić information content (AvgIpc) is 2.53. The second-order valence-electron chi connectivity index (χ2n) is 4.81. The molecule has 0 spiro atoms. The van der Waals surface area contributed by atoms with Gasteiger partial charge in [0.1, 0.15) is 18.2 Å². The second kappa shape index (κ2) is 8.39. The number of anilines is 1. The van der Waals surface area contributed by atoms with Gasteiger partial charge in [0.15, 0.2) is 0 Å². The number of rotatable bonds is 6. The summed E-state index contributed by atoms with van der Waals surface area (Å²) in [6, 6.07) is 11.2. The first kappa shape index (κ1) is 17.1. The second-order valence-corrected chi connectivity index (χ2v) is 5.22. The number of aryl methyl sites for hydroxylation is 1. The number of benzene rings is 2. The SMILES string of the molecule is CCc1ccccc1NC(=O)NCCOc1ccc(F)cc1Cl.